The van der Waals surface area contributed by atoms with Crippen molar-refractivity contribution in [1.82, 2.24) is 0 Å². The molecule has 1 aliphatic heterocycles. The molecule has 1 heterocycles. The summed E-state index contributed by atoms with van der Waals surface area (Å²) in [5.41, 5.74) is 4.55. The van der Waals surface area contributed by atoms with E-state index >= 15 is 0 Å². The minimum atomic E-state index is -0.435. The molecule has 0 fully saturated rings. The maximum absolute atomic E-state index is 13.9. The molecule has 0 spiro atoms. The van der Waals surface area contributed by atoms with Gasteiger partial charge in [-0.2, -0.15) is 0 Å². The van der Waals surface area contributed by atoms with Crippen LogP contribution in [0.4, 0.5) is 11.4 Å². The molecule has 0 radical (unpaired) electrons. The predicted octanol–water partition coefficient (Wildman–Crippen LogP) is 5.56. The van der Waals surface area contributed by atoms with Crippen LogP contribution in [0, 0.1) is 5.92 Å². The predicted molar refractivity (Wildman–Crippen MR) is 139 cm³/mol. The molecular weight excluding hydrogens is 456 g/mol. The van der Waals surface area contributed by atoms with E-state index in [0.717, 1.165) is 28.2 Å². The highest BCUT2D eigenvalue weighted by Crippen LogP contribution is 2.48. The molecule has 1 aliphatic carbocycles. The molecule has 7 heteroatoms. The number of anilines is 2. The van der Waals surface area contributed by atoms with E-state index in [9.17, 15) is 4.79 Å². The molecule has 2 N–H and O–H groups in total. The van der Waals surface area contributed by atoms with Crippen molar-refractivity contribution < 1.29 is 23.7 Å². The van der Waals surface area contributed by atoms with Crippen molar-refractivity contribution in [2.75, 3.05) is 39.1 Å². The van der Waals surface area contributed by atoms with Crippen LogP contribution in [0.1, 0.15) is 29.5 Å². The Morgan fingerprint density at radius 2 is 1.53 bits per heavy atom. The summed E-state index contributed by atoms with van der Waals surface area (Å²) in [4.78, 5) is 13.9. The third kappa shape index (κ3) is 4.11. The fourth-order valence-electron chi connectivity index (χ4n) is 5.22. The summed E-state index contributed by atoms with van der Waals surface area (Å²) in [5, 5.41) is 7.18. The van der Waals surface area contributed by atoms with Gasteiger partial charge in [-0.05, 0) is 35.9 Å². The molecule has 5 rings (SSSR count). The van der Waals surface area contributed by atoms with E-state index in [4.69, 9.17) is 18.9 Å². The number of allylic oxidation sites excluding steroid dienone is 1. The van der Waals surface area contributed by atoms with Crippen LogP contribution in [0.15, 0.2) is 72.4 Å². The lowest BCUT2D eigenvalue weighted by Gasteiger charge is -2.33. The normalized spacial score (nSPS) is 20.5. The Balaban J connectivity index is 1.63. The molecule has 0 saturated heterocycles. The minimum Gasteiger partial charge on any atom is -0.493 e. The summed E-state index contributed by atoms with van der Waals surface area (Å²) in [5.74, 6) is 2.14. The average Bonchev–Trinajstić information content (AvgIpc) is 3.08. The van der Waals surface area contributed by atoms with Gasteiger partial charge >= 0.3 is 0 Å². The van der Waals surface area contributed by atoms with E-state index < -0.39 is 5.92 Å². The van der Waals surface area contributed by atoms with Crippen LogP contribution in [0.2, 0.25) is 0 Å². The molecule has 7 nitrogen and oxygen atoms in total. The van der Waals surface area contributed by atoms with Gasteiger partial charge < -0.3 is 29.6 Å². The van der Waals surface area contributed by atoms with Crippen molar-refractivity contribution in [3.05, 3.63) is 83.6 Å². The number of fused-ring (bicyclic) bond motifs is 2. The zero-order valence-corrected chi connectivity index (χ0v) is 20.8. The quantitative estimate of drug-likeness (QED) is 0.473. The number of Topliss-reactive ketones (excluding diaryl/α,β-unsaturated/α-hetero) is 1. The summed E-state index contributed by atoms with van der Waals surface area (Å²) >= 11 is 0. The molecule has 0 bridgehead atoms. The Hall–Kier alpha value is -4.13. The van der Waals surface area contributed by atoms with Gasteiger partial charge in [0.1, 0.15) is 5.78 Å². The third-order valence-corrected chi connectivity index (χ3v) is 6.94. The Morgan fingerprint density at radius 3 is 2.25 bits per heavy atom. The second-order valence-corrected chi connectivity index (χ2v) is 8.87. The van der Waals surface area contributed by atoms with Gasteiger partial charge in [0.25, 0.3) is 0 Å². The third-order valence-electron chi connectivity index (χ3n) is 6.94. The summed E-state index contributed by atoms with van der Waals surface area (Å²) in [6, 6.07) is 19.2. The number of ketones is 1. The zero-order chi connectivity index (χ0) is 25.2. The first-order valence-electron chi connectivity index (χ1n) is 11.9. The van der Waals surface area contributed by atoms with E-state index in [1.165, 1.54) is 0 Å². The molecule has 3 aromatic carbocycles. The molecule has 2 aliphatic rings. The van der Waals surface area contributed by atoms with Crippen molar-refractivity contribution in [3.8, 4) is 23.0 Å². The van der Waals surface area contributed by atoms with E-state index in [2.05, 4.69) is 16.7 Å². The number of carbonyl (C=O) groups excluding carboxylic acids is 1. The van der Waals surface area contributed by atoms with Gasteiger partial charge in [0.2, 0.25) is 0 Å². The molecule has 3 atom stereocenters. The molecule has 0 saturated carbocycles. The van der Waals surface area contributed by atoms with Crippen LogP contribution < -0.4 is 29.6 Å². The maximum Gasteiger partial charge on any atom is 0.166 e. The number of methoxy groups -OCH3 is 4. The van der Waals surface area contributed by atoms with Crippen molar-refractivity contribution in [3.63, 3.8) is 0 Å². The largest absolute Gasteiger partial charge is 0.493 e. The van der Waals surface area contributed by atoms with Gasteiger partial charge in [-0.15, -0.1) is 0 Å². The van der Waals surface area contributed by atoms with Gasteiger partial charge in [0.05, 0.1) is 51.8 Å². The Morgan fingerprint density at radius 1 is 0.778 bits per heavy atom. The fourth-order valence-corrected chi connectivity index (χ4v) is 5.22. The minimum absolute atomic E-state index is 0.103. The second-order valence-electron chi connectivity index (χ2n) is 8.87. The van der Waals surface area contributed by atoms with Crippen molar-refractivity contribution in [1.29, 1.82) is 0 Å². The van der Waals surface area contributed by atoms with Gasteiger partial charge in [-0.25, -0.2) is 0 Å². The molecule has 0 amide bonds. The summed E-state index contributed by atoms with van der Waals surface area (Å²) in [6.07, 6.45) is 2.53. The van der Waals surface area contributed by atoms with E-state index in [1.54, 1.807) is 28.4 Å². The highest BCUT2D eigenvalue weighted by atomic mass is 16.5. The topological polar surface area (TPSA) is 78.0 Å². The summed E-state index contributed by atoms with van der Waals surface area (Å²) in [6.45, 7) is 0. The molecule has 36 heavy (non-hydrogen) atoms. The number of hydrogen-bond donors (Lipinski definition) is 2. The van der Waals surface area contributed by atoms with Gasteiger partial charge in [-0.3, -0.25) is 4.79 Å². The molecular formula is C29H30N2O5. The van der Waals surface area contributed by atoms with Crippen LogP contribution >= 0.6 is 0 Å². The number of hydrogen-bond acceptors (Lipinski definition) is 7. The van der Waals surface area contributed by atoms with E-state index in [1.807, 2.05) is 60.7 Å². The highest BCUT2D eigenvalue weighted by molar-refractivity contribution is 5.91. The Labute approximate surface area is 211 Å². The lowest BCUT2D eigenvalue weighted by atomic mass is 9.76. The van der Waals surface area contributed by atoms with Crippen LogP contribution in [0.5, 0.6) is 23.0 Å². The molecule has 3 unspecified atom stereocenters. The average molecular weight is 487 g/mol. The lowest BCUT2D eigenvalue weighted by Crippen LogP contribution is -2.34. The van der Waals surface area contributed by atoms with E-state index in [0.29, 0.717) is 29.4 Å². The number of ether oxygens (including phenoxy) is 4. The first-order chi connectivity index (χ1) is 17.6. The first kappa shape index (κ1) is 23.6. The molecule has 186 valence electrons. The second kappa shape index (κ2) is 9.85. The zero-order valence-electron chi connectivity index (χ0n) is 20.8. The molecule has 0 aromatic heterocycles. The van der Waals surface area contributed by atoms with Gasteiger partial charge in [0, 0.05) is 23.6 Å². The van der Waals surface area contributed by atoms with Crippen LogP contribution in [0.25, 0.3) is 0 Å². The van der Waals surface area contributed by atoms with Crippen LogP contribution in [-0.4, -0.2) is 34.2 Å². The number of nitrogens with one attached hydrogen (secondary N) is 2. The molecule has 3 aromatic rings. The summed E-state index contributed by atoms with van der Waals surface area (Å²) < 4.78 is 22.2. The van der Waals surface area contributed by atoms with Crippen LogP contribution in [-0.2, 0) is 4.79 Å². The SMILES string of the molecule is COc1ccc(C2C=C3Nc4ccccc4NC(c4cccc(OC)c4OC)C3C(=O)C2)cc1OC. The number of carbonyl (C=O) groups is 1. The van der Waals surface area contributed by atoms with Crippen molar-refractivity contribution >= 4 is 17.2 Å². The number of rotatable bonds is 6. The van der Waals surface area contributed by atoms with Gasteiger partial charge in [-0.1, -0.05) is 36.4 Å². The Bertz CT molecular complexity index is 1320. The van der Waals surface area contributed by atoms with Gasteiger partial charge in [0.15, 0.2) is 23.0 Å². The summed E-state index contributed by atoms with van der Waals surface area (Å²) in [7, 11) is 6.46. The highest BCUT2D eigenvalue weighted by Gasteiger charge is 2.41. The van der Waals surface area contributed by atoms with Crippen molar-refractivity contribution in [2.45, 2.75) is 18.4 Å². The fraction of sp³-hybridized carbons (Fsp3) is 0.276. The van der Waals surface area contributed by atoms with Crippen molar-refractivity contribution in [2.24, 2.45) is 5.92 Å². The standard InChI is InChI=1S/C29H30N2O5/c1-33-24-13-12-17(16-26(24)35-3)18-14-22-27(23(32)15-18)28(31-21-10-6-5-9-20(21)30-22)19-8-7-11-25(34-2)29(19)36-4/h5-14,16,18,27-28,30-31H,15H2,1-4H3. The first-order valence-corrected chi connectivity index (χ1v) is 11.9. The Kier molecular flexibility index (Phi) is 6.46. The maximum atomic E-state index is 13.9. The van der Waals surface area contributed by atoms with Crippen LogP contribution in [0.3, 0.4) is 0 Å². The van der Waals surface area contributed by atoms with E-state index in [-0.39, 0.29) is 17.7 Å². The number of para-hydroxylation sites is 3. The number of benzene rings is 3. The lowest BCUT2D eigenvalue weighted by molar-refractivity contribution is -0.122. The smallest absolute Gasteiger partial charge is 0.166 e. The monoisotopic (exact) mass is 486 g/mol.